The minimum absolute atomic E-state index is 0.0107. The molecule has 0 bridgehead atoms. The maximum Gasteiger partial charge on any atom is 0.321 e. The molecule has 2 aromatic carbocycles. The summed E-state index contributed by atoms with van der Waals surface area (Å²) in [6, 6.07) is 13.7. The number of aromatic nitrogens is 3. The summed E-state index contributed by atoms with van der Waals surface area (Å²) >= 11 is 0. The summed E-state index contributed by atoms with van der Waals surface area (Å²) in [6.07, 6.45) is 2.82. The Bertz CT molecular complexity index is 2260. The van der Waals surface area contributed by atoms with Crippen LogP contribution in [-0.4, -0.2) is 129 Å². The number of anilines is 4. The summed E-state index contributed by atoms with van der Waals surface area (Å²) in [6.45, 7) is 12.1. The third kappa shape index (κ3) is 8.16. The van der Waals surface area contributed by atoms with Crippen molar-refractivity contribution in [2.45, 2.75) is 64.6 Å². The second-order valence-corrected chi connectivity index (χ2v) is 16.2. The normalized spacial score (nSPS) is 19.3. The molecule has 0 aliphatic carbocycles. The van der Waals surface area contributed by atoms with E-state index in [0.29, 0.717) is 31.4 Å². The van der Waals surface area contributed by atoms with Gasteiger partial charge in [0.15, 0.2) is 5.65 Å². The predicted octanol–water partition coefficient (Wildman–Crippen LogP) is 3.33. The summed E-state index contributed by atoms with van der Waals surface area (Å²) in [5, 5.41) is 26.5. The summed E-state index contributed by atoms with van der Waals surface area (Å²) in [4.78, 5) is 75.7. The molecule has 59 heavy (non-hydrogen) atoms. The van der Waals surface area contributed by atoms with Crippen molar-refractivity contribution in [3.05, 3.63) is 77.0 Å². The lowest BCUT2D eigenvalue weighted by atomic mass is 9.97. The fraction of sp³-hybridized carbons (Fsp3) is 0.452. The Morgan fingerprint density at radius 3 is 2.41 bits per heavy atom. The molecule has 17 nitrogen and oxygen atoms in total. The van der Waals surface area contributed by atoms with Crippen molar-refractivity contribution in [3.8, 4) is 0 Å². The number of carbonyl (C=O) groups excluding carboxylic acids is 5. The first kappa shape index (κ1) is 39.7. The number of hydrogen-bond donors (Lipinski definition) is 5. The van der Waals surface area contributed by atoms with Crippen LogP contribution in [0.25, 0.3) is 5.65 Å². The second-order valence-electron chi connectivity index (χ2n) is 16.2. The molecular weight excluding hydrogens is 755 g/mol. The van der Waals surface area contributed by atoms with E-state index in [-0.39, 0.29) is 48.6 Å². The summed E-state index contributed by atoms with van der Waals surface area (Å²) < 4.78 is 1.81. The topological polar surface area (TPSA) is 197 Å². The SMILES string of the molecule is CC[C@@H](CO)Nc1cc(NCc2ccc(NC(=O)N3CCN(CC4CN(c5ccc6c(c5)C(=O)N(C5CCC(=O)NC5=O)C6=O)C4)CC3)cc2)n2ncc(C(C)C)c2n1. The first-order valence-corrected chi connectivity index (χ1v) is 20.5. The molecule has 3 saturated heterocycles. The first-order valence-electron chi connectivity index (χ1n) is 20.5. The van der Waals surface area contributed by atoms with E-state index in [2.05, 4.69) is 50.0 Å². The number of benzene rings is 2. The Kier molecular flexibility index (Phi) is 11.2. The number of hydrogen-bond acceptors (Lipinski definition) is 12. The second kappa shape index (κ2) is 16.7. The molecular formula is C42H51N11O6. The van der Waals surface area contributed by atoms with Crippen LogP contribution in [0.4, 0.5) is 27.8 Å². The molecule has 2 atom stereocenters. The molecule has 4 aliphatic heterocycles. The zero-order valence-corrected chi connectivity index (χ0v) is 33.6. The van der Waals surface area contributed by atoms with Gasteiger partial charge in [0.25, 0.3) is 11.8 Å². The monoisotopic (exact) mass is 805 g/mol. The molecule has 2 aromatic heterocycles. The van der Waals surface area contributed by atoms with Crippen molar-refractivity contribution in [2.75, 3.05) is 73.3 Å². The number of urea groups is 1. The largest absolute Gasteiger partial charge is 0.394 e. The first-order chi connectivity index (χ1) is 28.5. The highest BCUT2D eigenvalue weighted by Gasteiger charge is 2.45. The molecule has 0 radical (unpaired) electrons. The molecule has 4 aliphatic rings. The zero-order chi connectivity index (χ0) is 41.4. The van der Waals surface area contributed by atoms with Gasteiger partial charge in [0.05, 0.1) is 30.0 Å². The van der Waals surface area contributed by atoms with E-state index in [4.69, 9.17) is 4.98 Å². The molecule has 4 aromatic rings. The van der Waals surface area contributed by atoms with Crippen LogP contribution >= 0.6 is 0 Å². The van der Waals surface area contributed by atoms with Crippen LogP contribution in [0.2, 0.25) is 0 Å². The number of piperazine rings is 1. The molecule has 0 spiro atoms. The highest BCUT2D eigenvalue weighted by atomic mass is 16.3. The average molecular weight is 806 g/mol. The van der Waals surface area contributed by atoms with E-state index < -0.39 is 29.7 Å². The van der Waals surface area contributed by atoms with E-state index in [0.717, 1.165) is 78.0 Å². The van der Waals surface area contributed by atoms with Crippen LogP contribution < -0.4 is 26.2 Å². The number of nitrogens with zero attached hydrogens (tertiary/aromatic N) is 7. The van der Waals surface area contributed by atoms with Gasteiger partial charge in [0, 0.05) is 87.7 Å². The van der Waals surface area contributed by atoms with Crippen molar-refractivity contribution in [1.29, 1.82) is 0 Å². The quantitative estimate of drug-likeness (QED) is 0.124. The van der Waals surface area contributed by atoms with Crippen LogP contribution in [0.5, 0.6) is 0 Å². The average Bonchev–Trinajstić information content (AvgIpc) is 3.76. The Balaban J connectivity index is 0.787. The standard InChI is InChI=1S/C42H51N11O6/c1-4-28(24-54)45-35-18-36(53-38(47-35)33(20-44-53)25(2)3)43-19-26-5-7-29(8-6-26)46-42(59)50-15-13-49(14-16-50)21-27-22-51(23-27)30-9-10-31-32(17-30)41(58)52(40(31)57)34-11-12-37(55)48-39(34)56/h5-10,17-18,20,25,27-28,34,43,54H,4,11-16,19,21-24H2,1-3H3,(H,45,47)(H,46,59)(H,48,55,56)/t28-,34?/m0/s1. The fourth-order valence-electron chi connectivity index (χ4n) is 8.22. The summed E-state index contributed by atoms with van der Waals surface area (Å²) in [5.41, 5.74) is 4.97. The summed E-state index contributed by atoms with van der Waals surface area (Å²) in [5.74, 6) is 0.0922. The number of aliphatic hydroxyl groups excluding tert-OH is 1. The highest BCUT2D eigenvalue weighted by molar-refractivity contribution is 6.23. The third-order valence-electron chi connectivity index (χ3n) is 11.8. The maximum atomic E-state index is 13.3. The van der Waals surface area contributed by atoms with Crippen molar-refractivity contribution < 1.29 is 29.1 Å². The van der Waals surface area contributed by atoms with Gasteiger partial charge in [0.1, 0.15) is 17.7 Å². The lowest BCUT2D eigenvalue weighted by molar-refractivity contribution is -0.136. The number of imide groups is 2. The minimum atomic E-state index is -0.984. The van der Waals surface area contributed by atoms with Crippen molar-refractivity contribution in [2.24, 2.45) is 5.92 Å². The molecule has 6 amide bonds. The van der Waals surface area contributed by atoms with Gasteiger partial charge < -0.3 is 30.9 Å². The number of fused-ring (bicyclic) bond motifs is 2. The van der Waals surface area contributed by atoms with E-state index in [1.165, 1.54) is 0 Å². The van der Waals surface area contributed by atoms with E-state index in [1.54, 1.807) is 12.1 Å². The third-order valence-corrected chi connectivity index (χ3v) is 11.8. The Morgan fingerprint density at radius 2 is 1.71 bits per heavy atom. The Morgan fingerprint density at radius 1 is 0.966 bits per heavy atom. The Labute approximate surface area is 342 Å². The molecule has 3 fully saturated rings. The van der Waals surface area contributed by atoms with Crippen LogP contribution in [-0.2, 0) is 16.1 Å². The van der Waals surface area contributed by atoms with E-state index in [9.17, 15) is 29.1 Å². The van der Waals surface area contributed by atoms with Crippen LogP contribution in [0.15, 0.2) is 54.7 Å². The van der Waals surface area contributed by atoms with Gasteiger partial charge >= 0.3 is 6.03 Å². The van der Waals surface area contributed by atoms with E-state index >= 15 is 0 Å². The van der Waals surface area contributed by atoms with Crippen molar-refractivity contribution in [1.82, 2.24) is 34.6 Å². The lowest BCUT2D eigenvalue weighted by Gasteiger charge is -2.44. The summed E-state index contributed by atoms with van der Waals surface area (Å²) in [7, 11) is 0. The number of piperidine rings is 1. The van der Waals surface area contributed by atoms with Crippen molar-refractivity contribution >= 4 is 58.3 Å². The van der Waals surface area contributed by atoms with E-state index in [1.807, 2.05) is 58.9 Å². The maximum absolute atomic E-state index is 13.3. The smallest absolute Gasteiger partial charge is 0.321 e. The van der Waals surface area contributed by atoms with Gasteiger partial charge in [-0.3, -0.25) is 34.3 Å². The van der Waals surface area contributed by atoms with Gasteiger partial charge in [0.2, 0.25) is 11.8 Å². The minimum Gasteiger partial charge on any atom is -0.394 e. The van der Waals surface area contributed by atoms with Crippen molar-refractivity contribution in [3.63, 3.8) is 0 Å². The number of rotatable bonds is 13. The highest BCUT2D eigenvalue weighted by Crippen LogP contribution is 2.33. The number of aliphatic hydroxyl groups is 1. The van der Waals surface area contributed by atoms with Crippen LogP contribution in [0.1, 0.15) is 77.8 Å². The van der Waals surface area contributed by atoms with Gasteiger partial charge in [-0.25, -0.2) is 9.78 Å². The lowest BCUT2D eigenvalue weighted by Crippen LogP contribution is -2.56. The molecule has 310 valence electrons. The Hall–Kier alpha value is -6.07. The molecule has 6 heterocycles. The van der Waals surface area contributed by atoms with Gasteiger partial charge in [-0.2, -0.15) is 9.61 Å². The zero-order valence-electron chi connectivity index (χ0n) is 33.6. The number of carbonyl (C=O) groups is 5. The fourth-order valence-corrected chi connectivity index (χ4v) is 8.22. The van der Waals surface area contributed by atoms with Gasteiger partial charge in [-0.1, -0.05) is 32.9 Å². The van der Waals surface area contributed by atoms with Crippen LogP contribution in [0.3, 0.4) is 0 Å². The molecule has 0 saturated carbocycles. The number of nitrogens with one attached hydrogen (secondary N) is 4. The van der Waals surface area contributed by atoms with Crippen LogP contribution in [0, 0.1) is 5.92 Å². The molecule has 17 heteroatoms. The molecule has 5 N–H and O–H groups in total. The van der Waals surface area contributed by atoms with Gasteiger partial charge in [-0.05, 0) is 54.7 Å². The number of amides is 6. The molecule has 1 unspecified atom stereocenters. The van der Waals surface area contributed by atoms with Gasteiger partial charge in [-0.15, -0.1) is 0 Å². The predicted molar refractivity (Wildman–Crippen MR) is 221 cm³/mol. The molecule has 8 rings (SSSR count).